The Labute approximate surface area is 126 Å². The lowest BCUT2D eigenvalue weighted by molar-refractivity contribution is 0.00297. The quantitative estimate of drug-likeness (QED) is 0.910. The number of hydrogen-bond acceptors (Lipinski definition) is 4. The van der Waals surface area contributed by atoms with E-state index in [1.54, 1.807) is 7.11 Å². The molecular formula is C16H22O4S. The second-order valence-corrected chi connectivity index (χ2v) is 8.92. The Morgan fingerprint density at radius 3 is 2.43 bits per heavy atom. The Hall–Kier alpha value is -1.07. The van der Waals surface area contributed by atoms with Crippen LogP contribution in [0.5, 0.6) is 5.75 Å². The van der Waals surface area contributed by atoms with Crippen molar-refractivity contribution in [2.24, 2.45) is 0 Å². The van der Waals surface area contributed by atoms with Gasteiger partial charge in [-0.2, -0.15) is 0 Å². The van der Waals surface area contributed by atoms with Crippen LogP contribution >= 0.6 is 0 Å². The van der Waals surface area contributed by atoms with Gasteiger partial charge in [0.15, 0.2) is 9.84 Å². The summed E-state index contributed by atoms with van der Waals surface area (Å²) in [5.74, 6) is 0.639. The summed E-state index contributed by atoms with van der Waals surface area (Å²) < 4.78 is 30.2. The molecule has 1 N–H and O–H groups in total. The first-order valence-corrected chi connectivity index (χ1v) is 9.08. The predicted octanol–water partition coefficient (Wildman–Crippen LogP) is 2.32. The summed E-state index contributed by atoms with van der Waals surface area (Å²) in [5, 5.41) is 10.3. The fraction of sp³-hybridized carbons (Fsp3) is 0.625. The lowest BCUT2D eigenvalue weighted by Gasteiger charge is -2.44. The van der Waals surface area contributed by atoms with Crippen molar-refractivity contribution in [1.29, 1.82) is 0 Å². The van der Waals surface area contributed by atoms with Gasteiger partial charge in [-0.15, -0.1) is 0 Å². The van der Waals surface area contributed by atoms with Gasteiger partial charge in [0.1, 0.15) is 5.75 Å². The van der Waals surface area contributed by atoms with Gasteiger partial charge in [0.25, 0.3) is 0 Å². The zero-order chi connectivity index (χ0) is 15.3. The summed E-state index contributed by atoms with van der Waals surface area (Å²) in [7, 11) is -1.49. The highest BCUT2D eigenvalue weighted by atomic mass is 32.2. The van der Waals surface area contributed by atoms with E-state index >= 15 is 0 Å². The van der Waals surface area contributed by atoms with E-state index in [1.807, 2.05) is 25.1 Å². The van der Waals surface area contributed by atoms with Crippen LogP contribution in [0.4, 0.5) is 0 Å². The molecule has 2 atom stereocenters. The number of benzene rings is 1. The van der Waals surface area contributed by atoms with Gasteiger partial charge < -0.3 is 9.84 Å². The third kappa shape index (κ3) is 2.36. The van der Waals surface area contributed by atoms with Crippen molar-refractivity contribution < 1.29 is 18.3 Å². The molecule has 2 heterocycles. The highest BCUT2D eigenvalue weighted by Gasteiger charge is 2.51. The van der Waals surface area contributed by atoms with E-state index < -0.39 is 25.9 Å². The fourth-order valence-electron chi connectivity index (χ4n) is 3.85. The molecule has 0 aromatic heterocycles. The van der Waals surface area contributed by atoms with Gasteiger partial charge in [0.05, 0.1) is 23.2 Å². The highest BCUT2D eigenvalue weighted by Crippen LogP contribution is 2.48. The van der Waals surface area contributed by atoms with Crippen LogP contribution in [0.1, 0.15) is 43.2 Å². The Kier molecular flexibility index (Phi) is 3.53. The molecular weight excluding hydrogens is 288 g/mol. The zero-order valence-electron chi connectivity index (χ0n) is 12.5. The predicted molar refractivity (Wildman–Crippen MR) is 81.2 cm³/mol. The molecule has 0 radical (unpaired) electrons. The minimum Gasteiger partial charge on any atom is -0.496 e. The van der Waals surface area contributed by atoms with E-state index in [4.69, 9.17) is 4.74 Å². The lowest BCUT2D eigenvalue weighted by Crippen LogP contribution is -2.50. The third-order valence-corrected chi connectivity index (χ3v) is 7.63. The standard InChI is InChI=1S/C16H22O4S/c1-11-6-7-15(20-2)14(8-11)16(17)9-12-4-3-5-13(10-16)21(12,18)19/h6-8,12-13,17H,3-5,9-10H2,1-2H3. The first-order valence-electron chi connectivity index (χ1n) is 7.47. The number of fused-ring (bicyclic) bond motifs is 2. The molecule has 5 heteroatoms. The van der Waals surface area contributed by atoms with Crippen LogP contribution in [0.15, 0.2) is 18.2 Å². The first kappa shape index (κ1) is 14.9. The SMILES string of the molecule is COc1ccc(C)cc1C1(O)CC2CCCC(C1)S2(=O)=O. The summed E-state index contributed by atoms with van der Waals surface area (Å²) in [5.41, 5.74) is 0.674. The molecule has 21 heavy (non-hydrogen) atoms. The van der Waals surface area contributed by atoms with Gasteiger partial charge in [-0.05, 0) is 44.7 Å². The van der Waals surface area contributed by atoms with Gasteiger partial charge in [-0.1, -0.05) is 18.1 Å². The Morgan fingerprint density at radius 2 is 1.86 bits per heavy atom. The molecule has 2 fully saturated rings. The molecule has 0 spiro atoms. The van der Waals surface area contributed by atoms with Gasteiger partial charge in [-0.3, -0.25) is 0 Å². The minimum absolute atomic E-state index is 0.283. The van der Waals surface area contributed by atoms with Crippen LogP contribution in [-0.2, 0) is 15.4 Å². The number of aryl methyl sites for hydroxylation is 1. The topological polar surface area (TPSA) is 63.6 Å². The van der Waals surface area contributed by atoms with Crippen LogP contribution < -0.4 is 4.74 Å². The Balaban J connectivity index is 2.05. The van der Waals surface area contributed by atoms with E-state index in [-0.39, 0.29) is 12.8 Å². The number of sulfone groups is 1. The lowest BCUT2D eigenvalue weighted by atomic mass is 9.79. The number of ether oxygens (including phenoxy) is 1. The van der Waals surface area contributed by atoms with Gasteiger partial charge >= 0.3 is 0 Å². The minimum atomic E-state index is -3.08. The molecule has 0 amide bonds. The average molecular weight is 310 g/mol. The average Bonchev–Trinajstić information content (AvgIpc) is 2.41. The maximum absolute atomic E-state index is 12.4. The van der Waals surface area contributed by atoms with Crippen LogP contribution in [0, 0.1) is 6.92 Å². The van der Waals surface area contributed by atoms with Crippen molar-refractivity contribution in [1.82, 2.24) is 0 Å². The van der Waals surface area contributed by atoms with Crippen LogP contribution in [0.3, 0.4) is 0 Å². The highest BCUT2D eigenvalue weighted by molar-refractivity contribution is 7.92. The molecule has 1 aromatic rings. The zero-order valence-corrected chi connectivity index (χ0v) is 13.3. The number of hydrogen-bond donors (Lipinski definition) is 1. The second kappa shape index (κ2) is 4.99. The van der Waals surface area contributed by atoms with Crippen LogP contribution in [0.25, 0.3) is 0 Å². The van der Waals surface area contributed by atoms with Crippen molar-refractivity contribution in [2.45, 2.75) is 55.1 Å². The largest absolute Gasteiger partial charge is 0.496 e. The molecule has 2 unspecified atom stereocenters. The maximum Gasteiger partial charge on any atom is 0.156 e. The maximum atomic E-state index is 12.4. The summed E-state index contributed by atoms with van der Waals surface area (Å²) in [4.78, 5) is 0. The monoisotopic (exact) mass is 310 g/mol. The summed E-state index contributed by atoms with van der Waals surface area (Å²) in [6.07, 6.45) is 2.83. The summed E-state index contributed by atoms with van der Waals surface area (Å²) in [6, 6.07) is 5.71. The molecule has 116 valence electrons. The number of rotatable bonds is 2. The van der Waals surface area contributed by atoms with Crippen molar-refractivity contribution >= 4 is 9.84 Å². The van der Waals surface area contributed by atoms with E-state index in [0.717, 1.165) is 17.5 Å². The molecule has 2 aliphatic heterocycles. The first-order chi connectivity index (χ1) is 9.87. The van der Waals surface area contributed by atoms with E-state index in [2.05, 4.69) is 0 Å². The molecule has 2 bridgehead atoms. The van der Waals surface area contributed by atoms with E-state index in [9.17, 15) is 13.5 Å². The van der Waals surface area contributed by atoms with Crippen molar-refractivity contribution in [3.8, 4) is 5.75 Å². The third-order valence-electron chi connectivity index (χ3n) is 4.97. The van der Waals surface area contributed by atoms with Gasteiger partial charge in [0.2, 0.25) is 0 Å². The Bertz CT molecular complexity index is 630. The van der Waals surface area contributed by atoms with Crippen LogP contribution in [-0.4, -0.2) is 31.1 Å². The molecule has 1 aromatic carbocycles. The summed E-state index contributed by atoms with van der Waals surface area (Å²) >= 11 is 0. The van der Waals surface area contributed by atoms with E-state index in [1.165, 1.54) is 0 Å². The molecule has 0 aliphatic carbocycles. The van der Waals surface area contributed by atoms with Gasteiger partial charge in [0, 0.05) is 5.56 Å². The molecule has 3 rings (SSSR count). The second-order valence-electron chi connectivity index (χ2n) is 6.41. The van der Waals surface area contributed by atoms with Crippen LogP contribution in [0.2, 0.25) is 0 Å². The van der Waals surface area contributed by atoms with Crippen molar-refractivity contribution in [2.75, 3.05) is 7.11 Å². The Morgan fingerprint density at radius 1 is 1.24 bits per heavy atom. The van der Waals surface area contributed by atoms with Crippen molar-refractivity contribution in [3.05, 3.63) is 29.3 Å². The number of methoxy groups -OCH3 is 1. The van der Waals surface area contributed by atoms with E-state index in [0.29, 0.717) is 18.6 Å². The number of aliphatic hydroxyl groups is 1. The molecule has 4 nitrogen and oxygen atoms in total. The normalized spacial score (nSPS) is 34.4. The smallest absolute Gasteiger partial charge is 0.156 e. The molecule has 0 saturated carbocycles. The van der Waals surface area contributed by atoms with Gasteiger partial charge in [-0.25, -0.2) is 8.42 Å². The molecule has 2 saturated heterocycles. The van der Waals surface area contributed by atoms with Crippen molar-refractivity contribution in [3.63, 3.8) is 0 Å². The molecule has 2 aliphatic rings. The summed E-state index contributed by atoms with van der Waals surface area (Å²) in [6.45, 7) is 1.96. The fourth-order valence-corrected chi connectivity index (χ4v) is 6.40.